The second kappa shape index (κ2) is 6.10. The molecule has 0 aliphatic carbocycles. The predicted molar refractivity (Wildman–Crippen MR) is 71.9 cm³/mol. The topological polar surface area (TPSA) is 46.5 Å². The maximum atomic E-state index is 11.7. The molecule has 0 aliphatic heterocycles. The van der Waals surface area contributed by atoms with Gasteiger partial charge in [0.15, 0.2) is 0 Å². The van der Waals surface area contributed by atoms with Crippen molar-refractivity contribution in [3.8, 4) is 5.75 Å². The van der Waals surface area contributed by atoms with Gasteiger partial charge in [0.1, 0.15) is 5.75 Å². The number of carbonyl (C=O) groups is 1. The van der Waals surface area contributed by atoms with Crippen LogP contribution in [0.2, 0.25) is 5.02 Å². The zero-order valence-electron chi connectivity index (χ0n) is 11.0. The van der Waals surface area contributed by atoms with Gasteiger partial charge < -0.3 is 9.84 Å². The first kappa shape index (κ1) is 14.8. The lowest BCUT2D eigenvalue weighted by Crippen LogP contribution is -2.26. The van der Waals surface area contributed by atoms with Gasteiger partial charge in [-0.25, -0.2) is 0 Å². The Balaban J connectivity index is 2.47. The van der Waals surface area contributed by atoms with E-state index in [4.69, 9.17) is 16.3 Å². The van der Waals surface area contributed by atoms with Gasteiger partial charge in [0.05, 0.1) is 17.0 Å². The largest absolute Gasteiger partial charge is 0.506 e. The quantitative estimate of drug-likeness (QED) is 0.832. The highest BCUT2D eigenvalue weighted by Gasteiger charge is 2.26. The number of carbonyl (C=O) groups excluding carboxylic acids is 1. The van der Waals surface area contributed by atoms with Crippen molar-refractivity contribution in [3.63, 3.8) is 0 Å². The summed E-state index contributed by atoms with van der Waals surface area (Å²) in [5.74, 6) is -0.126. The van der Waals surface area contributed by atoms with Crippen molar-refractivity contribution < 1.29 is 14.6 Å². The molecule has 0 aliphatic rings. The first-order valence-electron chi connectivity index (χ1n) is 6.01. The fraction of sp³-hybridized carbons (Fsp3) is 0.500. The Morgan fingerprint density at radius 3 is 2.67 bits per heavy atom. The van der Waals surface area contributed by atoms with Gasteiger partial charge in [-0.1, -0.05) is 24.6 Å². The first-order chi connectivity index (χ1) is 8.36. The second-order valence-electron chi connectivity index (χ2n) is 4.91. The molecule has 4 heteroatoms. The number of ether oxygens (including phenoxy) is 1. The Bertz CT molecular complexity index is 427. The smallest absolute Gasteiger partial charge is 0.311 e. The summed E-state index contributed by atoms with van der Waals surface area (Å²) in [5, 5.41) is 9.59. The van der Waals surface area contributed by atoms with Crippen LogP contribution >= 0.6 is 11.6 Å². The van der Waals surface area contributed by atoms with Crippen molar-refractivity contribution in [1.29, 1.82) is 0 Å². The normalized spacial score (nSPS) is 11.3. The van der Waals surface area contributed by atoms with Gasteiger partial charge in [-0.15, -0.1) is 0 Å². The van der Waals surface area contributed by atoms with E-state index in [0.29, 0.717) is 18.1 Å². The van der Waals surface area contributed by atoms with Crippen LogP contribution < -0.4 is 0 Å². The van der Waals surface area contributed by atoms with Crippen molar-refractivity contribution in [3.05, 3.63) is 28.8 Å². The van der Waals surface area contributed by atoms with Crippen LogP contribution in [0, 0.1) is 5.41 Å². The summed E-state index contributed by atoms with van der Waals surface area (Å²) < 4.78 is 5.23. The summed E-state index contributed by atoms with van der Waals surface area (Å²) in [6.45, 7) is 6.02. The standard InChI is InChI=1S/C14H19ClO3/c1-4-14(2,3)13(17)18-8-7-10-5-6-12(16)11(15)9-10/h5-6,9,16H,4,7-8H2,1-3H3. The molecule has 1 N–H and O–H groups in total. The molecule has 0 fully saturated rings. The van der Waals surface area contributed by atoms with Gasteiger partial charge in [-0.2, -0.15) is 0 Å². The third-order valence-electron chi connectivity index (χ3n) is 3.07. The van der Waals surface area contributed by atoms with Gasteiger partial charge in [0, 0.05) is 6.42 Å². The molecule has 0 saturated heterocycles. The Hall–Kier alpha value is -1.22. The number of phenolic OH excluding ortho intramolecular Hbond substituents is 1. The molecule has 3 nitrogen and oxygen atoms in total. The number of esters is 1. The summed E-state index contributed by atoms with van der Waals surface area (Å²) in [6.07, 6.45) is 1.34. The highest BCUT2D eigenvalue weighted by atomic mass is 35.5. The Morgan fingerprint density at radius 2 is 2.11 bits per heavy atom. The van der Waals surface area contributed by atoms with E-state index in [0.717, 1.165) is 12.0 Å². The van der Waals surface area contributed by atoms with Crippen LogP contribution in [0.4, 0.5) is 0 Å². The molecule has 1 aromatic rings. The fourth-order valence-corrected chi connectivity index (χ4v) is 1.51. The van der Waals surface area contributed by atoms with Crippen molar-refractivity contribution in [2.45, 2.75) is 33.6 Å². The molecule has 0 saturated carbocycles. The molecular formula is C14H19ClO3. The van der Waals surface area contributed by atoms with Crippen LogP contribution in [-0.2, 0) is 16.0 Å². The maximum Gasteiger partial charge on any atom is 0.311 e. The van der Waals surface area contributed by atoms with E-state index >= 15 is 0 Å². The number of aromatic hydroxyl groups is 1. The van der Waals surface area contributed by atoms with Crippen molar-refractivity contribution >= 4 is 17.6 Å². The molecule has 0 aromatic heterocycles. The summed E-state index contributed by atoms with van der Waals surface area (Å²) >= 11 is 5.79. The molecule has 0 atom stereocenters. The minimum absolute atomic E-state index is 0.0597. The van der Waals surface area contributed by atoms with Gasteiger partial charge >= 0.3 is 5.97 Å². The zero-order valence-corrected chi connectivity index (χ0v) is 11.8. The van der Waals surface area contributed by atoms with E-state index in [-0.39, 0.29) is 11.7 Å². The number of benzene rings is 1. The molecule has 0 radical (unpaired) electrons. The minimum Gasteiger partial charge on any atom is -0.506 e. The van der Waals surface area contributed by atoms with Crippen LogP contribution in [0.5, 0.6) is 5.75 Å². The Labute approximate surface area is 113 Å². The molecular weight excluding hydrogens is 252 g/mol. The maximum absolute atomic E-state index is 11.7. The van der Waals surface area contributed by atoms with Gasteiger partial charge in [-0.3, -0.25) is 4.79 Å². The Morgan fingerprint density at radius 1 is 1.44 bits per heavy atom. The lowest BCUT2D eigenvalue weighted by atomic mass is 9.91. The van der Waals surface area contributed by atoms with E-state index < -0.39 is 5.41 Å². The van der Waals surface area contributed by atoms with Crippen molar-refractivity contribution in [2.75, 3.05) is 6.61 Å². The molecule has 0 heterocycles. The van der Waals surface area contributed by atoms with E-state index in [1.165, 1.54) is 6.07 Å². The molecule has 0 amide bonds. The molecule has 1 aromatic carbocycles. The SMILES string of the molecule is CCC(C)(C)C(=O)OCCc1ccc(O)c(Cl)c1. The molecule has 0 bridgehead atoms. The number of hydrogen-bond donors (Lipinski definition) is 1. The summed E-state index contributed by atoms with van der Waals surface area (Å²) in [4.78, 5) is 11.7. The molecule has 100 valence electrons. The van der Waals surface area contributed by atoms with Crippen molar-refractivity contribution in [2.24, 2.45) is 5.41 Å². The molecule has 0 unspecified atom stereocenters. The molecule has 1 rings (SSSR count). The van der Waals surface area contributed by atoms with E-state index in [1.54, 1.807) is 12.1 Å². The summed E-state index contributed by atoms with van der Waals surface area (Å²) in [6, 6.07) is 4.98. The first-order valence-corrected chi connectivity index (χ1v) is 6.39. The summed E-state index contributed by atoms with van der Waals surface area (Å²) in [7, 11) is 0. The third kappa shape index (κ3) is 3.91. The number of halogens is 1. The molecule has 18 heavy (non-hydrogen) atoms. The van der Waals surface area contributed by atoms with Gasteiger partial charge in [-0.05, 0) is 38.0 Å². The Kier molecular flexibility index (Phi) is 5.03. The monoisotopic (exact) mass is 270 g/mol. The lowest BCUT2D eigenvalue weighted by Gasteiger charge is -2.20. The van der Waals surface area contributed by atoms with Crippen molar-refractivity contribution in [1.82, 2.24) is 0 Å². The number of rotatable bonds is 5. The van der Waals surface area contributed by atoms with E-state index in [9.17, 15) is 9.90 Å². The average molecular weight is 271 g/mol. The highest BCUT2D eigenvalue weighted by molar-refractivity contribution is 6.32. The number of hydrogen-bond acceptors (Lipinski definition) is 3. The minimum atomic E-state index is -0.438. The number of phenols is 1. The summed E-state index contributed by atoms with van der Waals surface area (Å²) in [5.41, 5.74) is 0.493. The molecule has 0 spiro atoms. The average Bonchev–Trinajstić information content (AvgIpc) is 2.33. The zero-order chi connectivity index (χ0) is 13.8. The fourth-order valence-electron chi connectivity index (χ4n) is 1.31. The second-order valence-corrected chi connectivity index (χ2v) is 5.32. The van der Waals surface area contributed by atoms with E-state index in [1.807, 2.05) is 20.8 Å². The van der Waals surface area contributed by atoms with Crippen LogP contribution in [0.3, 0.4) is 0 Å². The van der Waals surface area contributed by atoms with E-state index in [2.05, 4.69) is 0 Å². The lowest BCUT2D eigenvalue weighted by molar-refractivity contribution is -0.154. The van der Waals surface area contributed by atoms with Crippen LogP contribution in [-0.4, -0.2) is 17.7 Å². The van der Waals surface area contributed by atoms with Gasteiger partial charge in [0.25, 0.3) is 0 Å². The predicted octanol–water partition coefficient (Wildman–Crippen LogP) is 3.57. The van der Waals surface area contributed by atoms with Crippen LogP contribution in [0.15, 0.2) is 18.2 Å². The van der Waals surface area contributed by atoms with Crippen LogP contribution in [0.25, 0.3) is 0 Å². The third-order valence-corrected chi connectivity index (χ3v) is 3.38. The van der Waals surface area contributed by atoms with Gasteiger partial charge in [0.2, 0.25) is 0 Å². The highest BCUT2D eigenvalue weighted by Crippen LogP contribution is 2.24. The van der Waals surface area contributed by atoms with Crippen LogP contribution in [0.1, 0.15) is 32.8 Å².